The third-order valence-electron chi connectivity index (χ3n) is 3.22. The molecule has 1 aliphatic rings. The van der Waals surface area contributed by atoms with Gasteiger partial charge in [-0.15, -0.1) is 0 Å². The number of sulfonamides is 1. The van der Waals surface area contributed by atoms with Gasteiger partial charge in [0, 0.05) is 6.54 Å². The maximum Gasteiger partial charge on any atom is 0.214 e. The fourth-order valence-electron chi connectivity index (χ4n) is 1.57. The van der Waals surface area contributed by atoms with Gasteiger partial charge < -0.3 is 5.11 Å². The smallest absolute Gasteiger partial charge is 0.214 e. The number of rotatable bonds is 2. The van der Waals surface area contributed by atoms with Gasteiger partial charge in [-0.1, -0.05) is 0 Å². The normalized spacial score (nSPS) is 24.1. The van der Waals surface area contributed by atoms with Crippen LogP contribution in [0.5, 0.6) is 0 Å². The maximum absolute atomic E-state index is 11.7. The van der Waals surface area contributed by atoms with E-state index in [-0.39, 0.29) is 5.75 Å². The van der Waals surface area contributed by atoms with Gasteiger partial charge in [0.05, 0.1) is 16.9 Å². The summed E-state index contributed by atoms with van der Waals surface area (Å²) in [6, 6.07) is 0. The van der Waals surface area contributed by atoms with Crippen molar-refractivity contribution >= 4 is 10.0 Å². The maximum atomic E-state index is 11.7. The van der Waals surface area contributed by atoms with Crippen LogP contribution in [-0.4, -0.2) is 41.3 Å². The van der Waals surface area contributed by atoms with E-state index in [0.717, 1.165) is 0 Å². The predicted octanol–water partition coefficient (Wildman–Crippen LogP) is 0.571. The van der Waals surface area contributed by atoms with E-state index in [4.69, 9.17) is 0 Å². The molecule has 0 aliphatic carbocycles. The average molecular weight is 221 g/mol. The Balaban J connectivity index is 3.06. The molecular formula is C9H19NO3S. The highest BCUT2D eigenvalue weighted by Gasteiger charge is 2.47. The summed E-state index contributed by atoms with van der Waals surface area (Å²) < 4.78 is 24.8. The minimum absolute atomic E-state index is 0.201. The Morgan fingerprint density at radius 2 is 1.71 bits per heavy atom. The van der Waals surface area contributed by atoms with Gasteiger partial charge in [-0.05, 0) is 34.1 Å². The molecule has 1 aliphatic heterocycles. The summed E-state index contributed by atoms with van der Waals surface area (Å²) in [5.41, 5.74) is -1.78. The quantitative estimate of drug-likeness (QED) is 0.741. The van der Waals surface area contributed by atoms with Crippen LogP contribution in [0, 0.1) is 0 Å². The highest BCUT2D eigenvalue weighted by Crippen LogP contribution is 2.33. The molecule has 0 aromatic heterocycles. The second-order valence-electron chi connectivity index (χ2n) is 4.86. The Bertz CT molecular complexity index is 313. The molecule has 0 aromatic carbocycles. The standard InChI is InChI=1S/C9H19NO3S/c1-8(2,9(3,4)11)10-6-5-7-14(10,12)13/h11H,5-7H2,1-4H3. The summed E-state index contributed by atoms with van der Waals surface area (Å²) in [5, 5.41) is 9.93. The molecule has 1 N–H and O–H groups in total. The minimum atomic E-state index is -3.15. The second kappa shape index (κ2) is 3.18. The molecule has 0 amide bonds. The van der Waals surface area contributed by atoms with Gasteiger partial charge >= 0.3 is 0 Å². The lowest BCUT2D eigenvalue weighted by molar-refractivity contribution is -0.0379. The zero-order chi connectivity index (χ0) is 11.2. The van der Waals surface area contributed by atoms with Gasteiger partial charge in [-0.2, -0.15) is 4.31 Å². The number of nitrogens with zero attached hydrogens (tertiary/aromatic N) is 1. The number of hydrogen-bond acceptors (Lipinski definition) is 3. The fourth-order valence-corrected chi connectivity index (χ4v) is 3.61. The van der Waals surface area contributed by atoms with Gasteiger partial charge in [0.25, 0.3) is 0 Å². The van der Waals surface area contributed by atoms with Crippen LogP contribution in [0.25, 0.3) is 0 Å². The summed E-state index contributed by atoms with van der Waals surface area (Å²) in [6.07, 6.45) is 0.655. The first kappa shape index (κ1) is 11.9. The molecule has 0 radical (unpaired) electrons. The number of aliphatic hydroxyl groups is 1. The molecule has 84 valence electrons. The van der Waals surface area contributed by atoms with Crippen LogP contribution in [0.3, 0.4) is 0 Å². The van der Waals surface area contributed by atoms with Crippen LogP contribution >= 0.6 is 0 Å². The number of hydrogen-bond donors (Lipinski definition) is 1. The van der Waals surface area contributed by atoms with Crippen LogP contribution in [0.15, 0.2) is 0 Å². The van der Waals surface area contributed by atoms with Crippen LogP contribution in [0.2, 0.25) is 0 Å². The Morgan fingerprint density at radius 3 is 2.00 bits per heavy atom. The van der Waals surface area contributed by atoms with Crippen LogP contribution in [0.1, 0.15) is 34.1 Å². The molecule has 1 rings (SSSR count). The summed E-state index contributed by atoms with van der Waals surface area (Å²) in [6.45, 7) is 7.31. The highest BCUT2D eigenvalue weighted by atomic mass is 32.2. The lowest BCUT2D eigenvalue weighted by Gasteiger charge is -2.43. The van der Waals surface area contributed by atoms with Crippen molar-refractivity contribution in [2.24, 2.45) is 0 Å². The van der Waals surface area contributed by atoms with E-state index in [0.29, 0.717) is 13.0 Å². The third-order valence-corrected chi connectivity index (χ3v) is 5.34. The summed E-state index contributed by atoms with van der Waals surface area (Å²) in [5.74, 6) is 0.201. The molecule has 5 heteroatoms. The molecule has 1 saturated heterocycles. The van der Waals surface area contributed by atoms with E-state index < -0.39 is 21.2 Å². The molecule has 1 fully saturated rings. The van der Waals surface area contributed by atoms with Crippen molar-refractivity contribution in [1.82, 2.24) is 4.31 Å². The predicted molar refractivity (Wildman–Crippen MR) is 55.5 cm³/mol. The van der Waals surface area contributed by atoms with Crippen molar-refractivity contribution in [2.45, 2.75) is 45.3 Å². The first-order valence-electron chi connectivity index (χ1n) is 4.82. The molecule has 0 bridgehead atoms. The first-order valence-corrected chi connectivity index (χ1v) is 6.43. The van der Waals surface area contributed by atoms with E-state index >= 15 is 0 Å². The van der Waals surface area contributed by atoms with E-state index in [1.807, 2.05) is 0 Å². The Morgan fingerprint density at radius 1 is 1.21 bits per heavy atom. The molecular weight excluding hydrogens is 202 g/mol. The van der Waals surface area contributed by atoms with Crippen molar-refractivity contribution in [2.75, 3.05) is 12.3 Å². The lowest BCUT2D eigenvalue weighted by Crippen LogP contribution is -2.58. The van der Waals surface area contributed by atoms with Crippen molar-refractivity contribution in [3.8, 4) is 0 Å². The van der Waals surface area contributed by atoms with Gasteiger partial charge in [-0.3, -0.25) is 0 Å². The van der Waals surface area contributed by atoms with Gasteiger partial charge in [0.2, 0.25) is 10.0 Å². The van der Waals surface area contributed by atoms with Crippen LogP contribution < -0.4 is 0 Å². The van der Waals surface area contributed by atoms with Gasteiger partial charge in [0.15, 0.2) is 0 Å². The van der Waals surface area contributed by atoms with Crippen LogP contribution in [0.4, 0.5) is 0 Å². The van der Waals surface area contributed by atoms with Gasteiger partial charge in [-0.25, -0.2) is 8.42 Å². The molecule has 1 heterocycles. The SMILES string of the molecule is CC(C)(O)C(C)(C)N1CCCS1(=O)=O. The van der Waals surface area contributed by atoms with E-state index in [1.54, 1.807) is 27.7 Å². The lowest BCUT2D eigenvalue weighted by atomic mass is 9.86. The van der Waals surface area contributed by atoms with Crippen molar-refractivity contribution in [3.63, 3.8) is 0 Å². The molecule has 0 aromatic rings. The monoisotopic (exact) mass is 221 g/mol. The molecule has 14 heavy (non-hydrogen) atoms. The summed E-state index contributed by atoms with van der Waals surface area (Å²) in [4.78, 5) is 0. The highest BCUT2D eigenvalue weighted by molar-refractivity contribution is 7.89. The van der Waals surface area contributed by atoms with Gasteiger partial charge in [0.1, 0.15) is 0 Å². The zero-order valence-electron chi connectivity index (χ0n) is 9.24. The molecule has 4 nitrogen and oxygen atoms in total. The topological polar surface area (TPSA) is 57.6 Å². The van der Waals surface area contributed by atoms with Crippen molar-refractivity contribution in [3.05, 3.63) is 0 Å². The van der Waals surface area contributed by atoms with E-state index in [9.17, 15) is 13.5 Å². The summed E-state index contributed by atoms with van der Waals surface area (Å²) >= 11 is 0. The largest absolute Gasteiger partial charge is 0.389 e. The third kappa shape index (κ3) is 1.81. The summed E-state index contributed by atoms with van der Waals surface area (Å²) in [7, 11) is -3.15. The fraction of sp³-hybridized carbons (Fsp3) is 1.00. The zero-order valence-corrected chi connectivity index (χ0v) is 10.1. The molecule has 0 saturated carbocycles. The first-order chi connectivity index (χ1) is 6.09. The van der Waals surface area contributed by atoms with E-state index in [1.165, 1.54) is 4.31 Å². The molecule has 0 unspecified atom stereocenters. The Hall–Kier alpha value is -0.130. The molecule has 0 spiro atoms. The Labute approximate surface area is 86.0 Å². The Kier molecular flexibility index (Phi) is 2.71. The second-order valence-corrected chi connectivity index (χ2v) is 6.87. The van der Waals surface area contributed by atoms with Crippen LogP contribution in [-0.2, 0) is 10.0 Å². The minimum Gasteiger partial charge on any atom is -0.389 e. The van der Waals surface area contributed by atoms with Crippen molar-refractivity contribution < 1.29 is 13.5 Å². The van der Waals surface area contributed by atoms with Crippen molar-refractivity contribution in [1.29, 1.82) is 0 Å². The molecule has 0 atom stereocenters. The average Bonchev–Trinajstić information content (AvgIpc) is 2.27. The van der Waals surface area contributed by atoms with E-state index in [2.05, 4.69) is 0 Å².